The van der Waals surface area contributed by atoms with Crippen LogP contribution in [-0.2, 0) is 16.4 Å². The Bertz CT molecular complexity index is 646. The number of nitrogens with one attached hydrogen (secondary N) is 1. The van der Waals surface area contributed by atoms with E-state index in [1.807, 2.05) is 26.0 Å². The Balaban J connectivity index is 2.74. The van der Waals surface area contributed by atoms with Crippen LogP contribution in [0.1, 0.15) is 25.1 Å². The molecule has 0 bridgehead atoms. The number of rotatable bonds is 7. The number of ether oxygens (including phenoxy) is 1. The van der Waals surface area contributed by atoms with E-state index in [0.29, 0.717) is 12.4 Å². The number of aryl methyl sites for hydroxylation is 1. The highest BCUT2D eigenvalue weighted by atomic mass is 32.2. The van der Waals surface area contributed by atoms with Crippen molar-refractivity contribution in [3.63, 3.8) is 0 Å². The average molecular weight is 343 g/mol. The van der Waals surface area contributed by atoms with Crippen LogP contribution in [0.3, 0.4) is 0 Å². The molecule has 0 unspecified atom stereocenters. The van der Waals surface area contributed by atoms with E-state index in [1.54, 1.807) is 6.92 Å². The summed E-state index contributed by atoms with van der Waals surface area (Å²) in [5.74, 6) is 0.404. The number of pyridine rings is 1. The fraction of sp³-hybridized carbons (Fsp3) is 0.600. The lowest BCUT2D eigenvalue weighted by atomic mass is 10.2. The zero-order valence-corrected chi connectivity index (χ0v) is 15.1. The van der Waals surface area contributed by atoms with Crippen molar-refractivity contribution in [1.29, 1.82) is 0 Å². The molecule has 23 heavy (non-hydrogen) atoms. The van der Waals surface area contributed by atoms with Crippen molar-refractivity contribution in [3.8, 4) is 5.88 Å². The molecule has 0 radical (unpaired) electrons. The lowest BCUT2D eigenvalue weighted by Crippen LogP contribution is -2.47. The van der Waals surface area contributed by atoms with Gasteiger partial charge in [-0.1, -0.05) is 6.07 Å². The molecule has 8 heteroatoms. The SMILES string of the molecule is CCN(C(=O)NCc1ccc(C)nc1OC)[C@@H](C)CS(C)(=O)=O. The third kappa shape index (κ3) is 6.05. The highest BCUT2D eigenvalue weighted by Crippen LogP contribution is 2.15. The second-order valence-corrected chi connectivity index (χ2v) is 7.69. The number of carbonyl (C=O) groups is 1. The highest BCUT2D eigenvalue weighted by molar-refractivity contribution is 7.90. The van der Waals surface area contributed by atoms with Gasteiger partial charge in [0.1, 0.15) is 9.84 Å². The third-order valence-corrected chi connectivity index (χ3v) is 4.47. The Morgan fingerprint density at radius 1 is 1.43 bits per heavy atom. The number of sulfone groups is 1. The zero-order chi connectivity index (χ0) is 17.6. The van der Waals surface area contributed by atoms with Crippen LogP contribution in [0.25, 0.3) is 0 Å². The Morgan fingerprint density at radius 3 is 2.61 bits per heavy atom. The van der Waals surface area contributed by atoms with Crippen molar-refractivity contribution in [2.24, 2.45) is 0 Å². The number of urea groups is 1. The van der Waals surface area contributed by atoms with E-state index < -0.39 is 15.9 Å². The van der Waals surface area contributed by atoms with Crippen molar-refractivity contribution in [1.82, 2.24) is 15.2 Å². The predicted molar refractivity (Wildman–Crippen MR) is 89.3 cm³/mol. The minimum absolute atomic E-state index is 0.0658. The quantitative estimate of drug-likeness (QED) is 0.807. The van der Waals surface area contributed by atoms with E-state index in [2.05, 4.69) is 10.3 Å². The van der Waals surface area contributed by atoms with Crippen LogP contribution in [0, 0.1) is 6.92 Å². The number of hydrogen-bond donors (Lipinski definition) is 1. The Hall–Kier alpha value is -1.83. The van der Waals surface area contributed by atoms with Crippen molar-refractivity contribution >= 4 is 15.9 Å². The summed E-state index contributed by atoms with van der Waals surface area (Å²) in [6.45, 7) is 6.07. The standard InChI is InChI=1S/C15H25N3O4S/c1-6-18(12(3)10-23(5,20)21)15(19)16-9-13-8-7-11(2)17-14(13)22-4/h7-8,12H,6,9-10H2,1-5H3,(H,16,19)/t12-/m0/s1. The first-order chi connectivity index (χ1) is 10.7. The van der Waals surface area contributed by atoms with Gasteiger partial charge in [-0.15, -0.1) is 0 Å². The summed E-state index contributed by atoms with van der Waals surface area (Å²) >= 11 is 0. The third-order valence-electron chi connectivity index (χ3n) is 3.38. The van der Waals surface area contributed by atoms with Gasteiger partial charge in [0.25, 0.3) is 0 Å². The molecule has 1 heterocycles. The molecule has 130 valence electrons. The van der Waals surface area contributed by atoms with Gasteiger partial charge in [0, 0.05) is 36.6 Å². The minimum atomic E-state index is -3.15. The molecule has 2 amide bonds. The molecule has 1 rings (SSSR count). The van der Waals surface area contributed by atoms with Gasteiger partial charge in [0.2, 0.25) is 5.88 Å². The van der Waals surface area contributed by atoms with E-state index in [9.17, 15) is 13.2 Å². The second kappa shape index (κ2) is 8.14. The van der Waals surface area contributed by atoms with Gasteiger partial charge in [0.15, 0.2) is 0 Å². The molecule has 1 atom stereocenters. The largest absolute Gasteiger partial charge is 0.481 e. The second-order valence-electron chi connectivity index (χ2n) is 5.51. The lowest BCUT2D eigenvalue weighted by molar-refractivity contribution is 0.187. The summed E-state index contributed by atoms with van der Waals surface area (Å²) in [5.41, 5.74) is 1.59. The number of nitrogens with zero attached hydrogens (tertiary/aromatic N) is 2. The molecule has 7 nitrogen and oxygen atoms in total. The number of amides is 2. The molecule has 1 N–H and O–H groups in total. The molecule has 1 aromatic rings. The molecule has 0 aliphatic heterocycles. The molecule has 0 spiro atoms. The van der Waals surface area contributed by atoms with Gasteiger partial charge in [0.05, 0.1) is 12.9 Å². The molecule has 1 aromatic heterocycles. The van der Waals surface area contributed by atoms with Gasteiger partial charge in [-0.25, -0.2) is 18.2 Å². The maximum Gasteiger partial charge on any atom is 0.317 e. The Morgan fingerprint density at radius 2 is 2.09 bits per heavy atom. The van der Waals surface area contributed by atoms with E-state index in [1.165, 1.54) is 12.0 Å². The summed E-state index contributed by atoms with van der Waals surface area (Å²) in [6, 6.07) is 2.98. The molecule has 0 fully saturated rings. The number of aromatic nitrogens is 1. The number of carbonyl (C=O) groups excluding carboxylic acids is 1. The van der Waals surface area contributed by atoms with Crippen LogP contribution in [-0.4, -0.2) is 56.0 Å². The smallest absolute Gasteiger partial charge is 0.317 e. The molecule has 0 saturated heterocycles. The Labute approximate surface area is 138 Å². The Kier molecular flexibility index (Phi) is 6.80. The molecule has 0 aliphatic carbocycles. The maximum atomic E-state index is 12.3. The fourth-order valence-electron chi connectivity index (χ4n) is 2.33. The number of hydrogen-bond acceptors (Lipinski definition) is 5. The van der Waals surface area contributed by atoms with E-state index >= 15 is 0 Å². The van der Waals surface area contributed by atoms with Crippen molar-refractivity contribution in [2.45, 2.75) is 33.4 Å². The van der Waals surface area contributed by atoms with Crippen LogP contribution < -0.4 is 10.1 Å². The molecule has 0 aromatic carbocycles. The summed E-state index contributed by atoms with van der Waals surface area (Å²) in [6.07, 6.45) is 1.16. The van der Waals surface area contributed by atoms with E-state index in [-0.39, 0.29) is 18.3 Å². The minimum Gasteiger partial charge on any atom is -0.481 e. The average Bonchev–Trinajstić information content (AvgIpc) is 2.44. The monoisotopic (exact) mass is 343 g/mol. The van der Waals surface area contributed by atoms with Gasteiger partial charge < -0.3 is 15.0 Å². The highest BCUT2D eigenvalue weighted by Gasteiger charge is 2.22. The predicted octanol–water partition coefficient (Wildman–Crippen LogP) is 1.36. The lowest BCUT2D eigenvalue weighted by Gasteiger charge is -2.27. The molecular formula is C15H25N3O4S. The normalized spacial score (nSPS) is 12.6. The topological polar surface area (TPSA) is 88.6 Å². The molecule has 0 aliphatic rings. The van der Waals surface area contributed by atoms with E-state index in [4.69, 9.17) is 4.74 Å². The van der Waals surface area contributed by atoms with Crippen LogP contribution in [0.2, 0.25) is 0 Å². The molecular weight excluding hydrogens is 318 g/mol. The fourth-order valence-corrected chi connectivity index (χ4v) is 3.39. The van der Waals surface area contributed by atoms with Crippen LogP contribution in [0.4, 0.5) is 4.79 Å². The van der Waals surface area contributed by atoms with E-state index in [0.717, 1.165) is 17.5 Å². The maximum absolute atomic E-state index is 12.3. The zero-order valence-electron chi connectivity index (χ0n) is 14.3. The van der Waals surface area contributed by atoms with Crippen molar-refractivity contribution in [2.75, 3.05) is 25.7 Å². The first-order valence-electron chi connectivity index (χ1n) is 7.40. The first kappa shape index (κ1) is 19.2. The summed E-state index contributed by atoms with van der Waals surface area (Å²) in [7, 11) is -1.62. The van der Waals surface area contributed by atoms with Crippen LogP contribution in [0.15, 0.2) is 12.1 Å². The van der Waals surface area contributed by atoms with Crippen molar-refractivity contribution < 1.29 is 17.9 Å². The van der Waals surface area contributed by atoms with Crippen LogP contribution >= 0.6 is 0 Å². The van der Waals surface area contributed by atoms with Gasteiger partial charge in [-0.3, -0.25) is 0 Å². The van der Waals surface area contributed by atoms with Crippen molar-refractivity contribution in [3.05, 3.63) is 23.4 Å². The number of methoxy groups -OCH3 is 1. The van der Waals surface area contributed by atoms with Gasteiger partial charge in [-0.05, 0) is 26.8 Å². The molecule has 0 saturated carbocycles. The van der Waals surface area contributed by atoms with Gasteiger partial charge in [-0.2, -0.15) is 0 Å². The first-order valence-corrected chi connectivity index (χ1v) is 9.46. The van der Waals surface area contributed by atoms with Crippen LogP contribution in [0.5, 0.6) is 5.88 Å². The summed E-state index contributed by atoms with van der Waals surface area (Å²) in [4.78, 5) is 18.0. The summed E-state index contributed by atoms with van der Waals surface area (Å²) in [5, 5.41) is 2.78. The summed E-state index contributed by atoms with van der Waals surface area (Å²) < 4.78 is 28.0. The van der Waals surface area contributed by atoms with Gasteiger partial charge >= 0.3 is 6.03 Å².